The molecular weight excluding hydrogens is 324 g/mol. The highest BCUT2D eigenvalue weighted by molar-refractivity contribution is 7.98. The van der Waals surface area contributed by atoms with E-state index in [4.69, 9.17) is 5.26 Å². The number of carbonyl (C=O) groups excluding carboxylic acids is 2. The number of likely N-dealkylation sites (N-methyl/N-ethyl adjacent to an activating group) is 1. The van der Waals surface area contributed by atoms with E-state index in [-0.39, 0.29) is 18.0 Å². The lowest BCUT2D eigenvalue weighted by Crippen LogP contribution is -2.52. The Morgan fingerprint density at radius 1 is 1.42 bits per heavy atom. The van der Waals surface area contributed by atoms with Crippen molar-refractivity contribution in [1.29, 1.82) is 5.26 Å². The Morgan fingerprint density at radius 3 is 2.71 bits per heavy atom. The van der Waals surface area contributed by atoms with Crippen molar-refractivity contribution in [3.8, 4) is 6.19 Å². The van der Waals surface area contributed by atoms with Crippen molar-refractivity contribution in [2.45, 2.75) is 31.3 Å². The third-order valence-corrected chi connectivity index (χ3v) is 4.64. The van der Waals surface area contributed by atoms with Gasteiger partial charge in [-0.05, 0) is 25.2 Å². The van der Waals surface area contributed by atoms with Crippen LogP contribution in [0.15, 0.2) is 30.3 Å². The van der Waals surface area contributed by atoms with E-state index in [1.807, 2.05) is 30.6 Å². The highest BCUT2D eigenvalue weighted by Crippen LogP contribution is 2.40. The maximum Gasteiger partial charge on any atom is 0.315 e. The average Bonchev–Trinajstić information content (AvgIpc) is 3.35. The summed E-state index contributed by atoms with van der Waals surface area (Å²) in [6.07, 6.45) is 4.60. The molecular formula is C17H22N4O2S. The molecule has 1 saturated carbocycles. The summed E-state index contributed by atoms with van der Waals surface area (Å²) < 4.78 is 0. The predicted octanol–water partition coefficient (Wildman–Crippen LogP) is 1.90. The second kappa shape index (κ2) is 8.60. The number of benzene rings is 1. The van der Waals surface area contributed by atoms with Gasteiger partial charge in [-0.2, -0.15) is 17.0 Å². The number of urea groups is 1. The molecule has 0 heterocycles. The van der Waals surface area contributed by atoms with Crippen LogP contribution in [0.1, 0.15) is 24.8 Å². The Kier molecular flexibility index (Phi) is 6.50. The molecule has 1 aliphatic carbocycles. The molecule has 0 aromatic heterocycles. The summed E-state index contributed by atoms with van der Waals surface area (Å²) in [4.78, 5) is 25.5. The van der Waals surface area contributed by atoms with E-state index in [9.17, 15) is 9.59 Å². The highest BCUT2D eigenvalue weighted by atomic mass is 32.2. The Labute approximate surface area is 146 Å². The maximum absolute atomic E-state index is 12.3. The van der Waals surface area contributed by atoms with Gasteiger partial charge in [-0.15, -0.1) is 0 Å². The second-order valence-electron chi connectivity index (χ2n) is 5.67. The van der Waals surface area contributed by atoms with Crippen molar-refractivity contribution in [3.63, 3.8) is 0 Å². The standard InChI is InChI=1S/C17H22N4O2S/c1-3-21(11-18)16(22)15(10-24-2)20-17(23)19-14-9-13(14)12-7-5-4-6-8-12/h4-8,13-15H,3,9-10H2,1-2H3,(H2,19,20,23). The van der Waals surface area contributed by atoms with Crippen LogP contribution in [-0.4, -0.2) is 47.5 Å². The van der Waals surface area contributed by atoms with Gasteiger partial charge >= 0.3 is 6.03 Å². The Bertz CT molecular complexity index is 617. The monoisotopic (exact) mass is 346 g/mol. The molecule has 1 aromatic rings. The van der Waals surface area contributed by atoms with Crippen molar-refractivity contribution >= 4 is 23.7 Å². The predicted molar refractivity (Wildman–Crippen MR) is 94.4 cm³/mol. The smallest absolute Gasteiger partial charge is 0.315 e. The van der Waals surface area contributed by atoms with Crippen LogP contribution in [0, 0.1) is 11.5 Å². The quantitative estimate of drug-likeness (QED) is 0.583. The minimum atomic E-state index is -0.700. The van der Waals surface area contributed by atoms with Crippen molar-refractivity contribution in [3.05, 3.63) is 35.9 Å². The van der Waals surface area contributed by atoms with Crippen LogP contribution in [0.2, 0.25) is 0 Å². The van der Waals surface area contributed by atoms with E-state index in [2.05, 4.69) is 22.8 Å². The van der Waals surface area contributed by atoms with Gasteiger partial charge in [0, 0.05) is 24.3 Å². The Balaban J connectivity index is 1.88. The molecule has 128 valence electrons. The molecule has 2 N–H and O–H groups in total. The molecule has 0 saturated heterocycles. The van der Waals surface area contributed by atoms with Gasteiger partial charge < -0.3 is 10.6 Å². The third kappa shape index (κ3) is 4.65. The molecule has 3 unspecified atom stereocenters. The molecule has 0 spiro atoms. The number of carbonyl (C=O) groups is 2. The van der Waals surface area contributed by atoms with Crippen LogP contribution in [0.4, 0.5) is 4.79 Å². The van der Waals surface area contributed by atoms with Gasteiger partial charge in [-0.3, -0.25) is 4.79 Å². The van der Waals surface area contributed by atoms with Crippen molar-refractivity contribution in [1.82, 2.24) is 15.5 Å². The zero-order valence-corrected chi connectivity index (χ0v) is 14.7. The van der Waals surface area contributed by atoms with Crippen molar-refractivity contribution < 1.29 is 9.59 Å². The molecule has 24 heavy (non-hydrogen) atoms. The Morgan fingerprint density at radius 2 is 2.12 bits per heavy atom. The first-order valence-corrected chi connectivity index (χ1v) is 9.32. The van der Waals surface area contributed by atoms with Crippen molar-refractivity contribution in [2.24, 2.45) is 0 Å². The fourth-order valence-electron chi connectivity index (χ4n) is 2.60. The maximum atomic E-state index is 12.3. The van der Waals surface area contributed by atoms with Crippen LogP contribution in [0.5, 0.6) is 0 Å². The summed E-state index contributed by atoms with van der Waals surface area (Å²) >= 11 is 1.45. The fraction of sp³-hybridized carbons (Fsp3) is 0.471. The first kappa shape index (κ1) is 18.1. The topological polar surface area (TPSA) is 85.2 Å². The molecule has 0 radical (unpaired) electrons. The van der Waals surface area contributed by atoms with E-state index in [1.165, 1.54) is 17.3 Å². The lowest BCUT2D eigenvalue weighted by molar-refractivity contribution is -0.129. The number of amides is 3. The first-order valence-electron chi connectivity index (χ1n) is 7.92. The largest absolute Gasteiger partial charge is 0.335 e. The molecule has 1 aliphatic rings. The zero-order chi connectivity index (χ0) is 17.5. The van der Waals surface area contributed by atoms with Crippen LogP contribution in [0.3, 0.4) is 0 Å². The third-order valence-electron chi connectivity index (χ3n) is 3.97. The minimum absolute atomic E-state index is 0.0932. The molecule has 1 fully saturated rings. The lowest BCUT2D eigenvalue weighted by Gasteiger charge is -2.21. The molecule has 3 atom stereocenters. The number of nitriles is 1. The number of hydrogen-bond acceptors (Lipinski definition) is 4. The van der Waals surface area contributed by atoms with Gasteiger partial charge in [0.1, 0.15) is 6.04 Å². The SMILES string of the molecule is CCN(C#N)C(=O)C(CSC)NC(=O)NC1CC1c1ccccc1. The molecule has 7 heteroatoms. The summed E-state index contributed by atoms with van der Waals surface area (Å²) in [5.74, 6) is 0.384. The van der Waals surface area contributed by atoms with Gasteiger partial charge in [-0.25, -0.2) is 9.69 Å². The lowest BCUT2D eigenvalue weighted by atomic mass is 10.1. The van der Waals surface area contributed by atoms with Crippen LogP contribution in [0.25, 0.3) is 0 Å². The summed E-state index contributed by atoms with van der Waals surface area (Å²) in [5, 5.41) is 14.6. The summed E-state index contributed by atoms with van der Waals surface area (Å²) in [6, 6.07) is 9.07. The summed E-state index contributed by atoms with van der Waals surface area (Å²) in [7, 11) is 0. The zero-order valence-electron chi connectivity index (χ0n) is 13.9. The van der Waals surface area contributed by atoms with E-state index in [0.29, 0.717) is 18.2 Å². The van der Waals surface area contributed by atoms with E-state index in [1.54, 1.807) is 6.92 Å². The summed E-state index contributed by atoms with van der Waals surface area (Å²) in [5.41, 5.74) is 1.21. The second-order valence-corrected chi connectivity index (χ2v) is 6.58. The molecule has 0 aliphatic heterocycles. The summed E-state index contributed by atoms with van der Waals surface area (Å²) in [6.45, 7) is 2.02. The number of thioether (sulfide) groups is 1. The van der Waals surface area contributed by atoms with Gasteiger partial charge in [0.15, 0.2) is 6.19 Å². The van der Waals surface area contributed by atoms with Gasteiger partial charge in [0.2, 0.25) is 0 Å². The van der Waals surface area contributed by atoms with Gasteiger partial charge in [0.25, 0.3) is 5.91 Å². The average molecular weight is 346 g/mol. The van der Waals surface area contributed by atoms with E-state index in [0.717, 1.165) is 11.3 Å². The van der Waals surface area contributed by atoms with Crippen LogP contribution < -0.4 is 10.6 Å². The molecule has 3 amide bonds. The molecule has 1 aromatic carbocycles. The number of rotatable bonds is 7. The number of hydrogen-bond donors (Lipinski definition) is 2. The normalized spacial score (nSPS) is 19.7. The first-order chi connectivity index (χ1) is 11.6. The highest BCUT2D eigenvalue weighted by Gasteiger charge is 2.39. The minimum Gasteiger partial charge on any atom is -0.335 e. The number of nitrogens with one attached hydrogen (secondary N) is 2. The number of nitrogens with zero attached hydrogens (tertiary/aromatic N) is 2. The van der Waals surface area contributed by atoms with E-state index < -0.39 is 6.04 Å². The Hall–Kier alpha value is -2.20. The van der Waals surface area contributed by atoms with Crippen LogP contribution in [-0.2, 0) is 4.79 Å². The van der Waals surface area contributed by atoms with Crippen molar-refractivity contribution in [2.75, 3.05) is 18.6 Å². The van der Waals surface area contributed by atoms with Gasteiger partial charge in [0.05, 0.1) is 0 Å². The van der Waals surface area contributed by atoms with Gasteiger partial charge in [-0.1, -0.05) is 30.3 Å². The van der Waals surface area contributed by atoms with Crippen LogP contribution >= 0.6 is 11.8 Å². The molecule has 6 nitrogen and oxygen atoms in total. The molecule has 2 rings (SSSR count). The van der Waals surface area contributed by atoms with E-state index >= 15 is 0 Å². The fourth-order valence-corrected chi connectivity index (χ4v) is 3.16. The molecule has 0 bridgehead atoms.